The molecule has 0 saturated heterocycles. The maximum Gasteiger partial charge on any atom is 0.324 e. The average molecular weight is 332 g/mol. The molecule has 0 unspecified atom stereocenters. The Hall–Kier alpha value is -1.45. The molecule has 0 radical (unpaired) electrons. The lowest BCUT2D eigenvalue weighted by Crippen LogP contribution is -2.35. The lowest BCUT2D eigenvalue weighted by Gasteiger charge is -2.16. The number of aromatic nitrogens is 1. The van der Waals surface area contributed by atoms with Crippen molar-refractivity contribution >= 4 is 27.4 Å². The molecule has 1 rings (SSSR count). The van der Waals surface area contributed by atoms with E-state index in [1.165, 1.54) is 0 Å². The topological polar surface area (TPSA) is 68.1 Å². The first kappa shape index (κ1) is 14.6. The number of hydrogen-bond donors (Lipinski definition) is 1. The molecule has 0 bridgehead atoms. The Morgan fingerprint density at radius 1 is 1.56 bits per heavy atom. The quantitative estimate of drug-likeness (QED) is 0.511. The largest absolute Gasteiger partial charge is 0.363 e. The van der Waals surface area contributed by atoms with Crippen molar-refractivity contribution in [2.24, 2.45) is 0 Å². The van der Waals surface area contributed by atoms with Crippen molar-refractivity contribution in [2.75, 3.05) is 11.9 Å². The molecule has 0 amide bonds. The van der Waals surface area contributed by atoms with Crippen molar-refractivity contribution in [1.29, 1.82) is 0 Å². The lowest BCUT2D eigenvalue weighted by atomic mass is 10.3. The van der Waals surface area contributed by atoms with Crippen molar-refractivity contribution in [3.63, 3.8) is 0 Å². The fourth-order valence-corrected chi connectivity index (χ4v) is 1.41. The van der Waals surface area contributed by atoms with E-state index in [0.717, 1.165) is 12.3 Å². The van der Waals surface area contributed by atoms with Gasteiger partial charge in [0.25, 0.3) is 5.69 Å². The fourth-order valence-electron chi connectivity index (χ4n) is 0.936. The molecule has 5 nitrogen and oxygen atoms in total. The Labute approximate surface area is 106 Å². The number of hydrogen-bond acceptors (Lipinski definition) is 4. The number of pyridine rings is 1. The van der Waals surface area contributed by atoms with E-state index >= 15 is 0 Å². The summed E-state index contributed by atoms with van der Waals surface area (Å²) in [7, 11) is 0. The standard InChI is InChI=1S/C8H6BrF4N3O2/c9-5-1-4(16(17)18)2-14-6(5)15-3-8(12,13)7(10)11/h1-2,7H,3H2,(H,14,15). The fraction of sp³-hybridized carbons (Fsp3) is 0.375. The normalized spacial score (nSPS) is 11.7. The average Bonchev–Trinajstić information content (AvgIpc) is 2.26. The van der Waals surface area contributed by atoms with Crippen LogP contribution in [-0.2, 0) is 0 Å². The Morgan fingerprint density at radius 2 is 2.17 bits per heavy atom. The highest BCUT2D eigenvalue weighted by molar-refractivity contribution is 9.10. The van der Waals surface area contributed by atoms with Gasteiger partial charge in [0.2, 0.25) is 0 Å². The van der Waals surface area contributed by atoms with Crippen molar-refractivity contribution in [2.45, 2.75) is 12.3 Å². The molecule has 1 aromatic rings. The van der Waals surface area contributed by atoms with Crippen LogP contribution in [0.1, 0.15) is 0 Å². The summed E-state index contributed by atoms with van der Waals surface area (Å²) in [5.41, 5.74) is -0.354. The maximum absolute atomic E-state index is 12.6. The number of rotatable bonds is 5. The molecule has 10 heteroatoms. The Balaban J connectivity index is 2.78. The summed E-state index contributed by atoms with van der Waals surface area (Å²) in [6.07, 6.45) is -2.98. The van der Waals surface area contributed by atoms with Gasteiger partial charge in [0.1, 0.15) is 12.0 Å². The van der Waals surface area contributed by atoms with Gasteiger partial charge in [-0.05, 0) is 15.9 Å². The maximum atomic E-state index is 12.6. The van der Waals surface area contributed by atoms with Crippen LogP contribution in [0.15, 0.2) is 16.7 Å². The van der Waals surface area contributed by atoms with Gasteiger partial charge in [-0.2, -0.15) is 8.78 Å². The third-order valence-electron chi connectivity index (χ3n) is 1.85. The number of anilines is 1. The Bertz CT molecular complexity index is 458. The van der Waals surface area contributed by atoms with Gasteiger partial charge in [-0.1, -0.05) is 0 Å². The van der Waals surface area contributed by atoms with Crippen LogP contribution in [0.5, 0.6) is 0 Å². The minimum atomic E-state index is -4.21. The molecule has 0 aliphatic heterocycles. The second-order valence-corrected chi connectivity index (χ2v) is 4.05. The van der Waals surface area contributed by atoms with Gasteiger partial charge in [-0.25, -0.2) is 13.8 Å². The number of nitrogens with one attached hydrogen (secondary N) is 1. The van der Waals surface area contributed by atoms with Crippen LogP contribution >= 0.6 is 15.9 Å². The summed E-state index contributed by atoms with van der Waals surface area (Å²) >= 11 is 2.86. The van der Waals surface area contributed by atoms with Gasteiger partial charge >= 0.3 is 12.3 Å². The van der Waals surface area contributed by atoms with Crippen LogP contribution in [0.2, 0.25) is 0 Å². The highest BCUT2D eigenvalue weighted by Crippen LogP contribution is 2.27. The molecular weight excluding hydrogens is 326 g/mol. The van der Waals surface area contributed by atoms with Gasteiger partial charge in [0.05, 0.1) is 15.9 Å². The summed E-state index contributed by atoms with van der Waals surface area (Å²) in [4.78, 5) is 13.1. The molecule has 1 heterocycles. The summed E-state index contributed by atoms with van der Waals surface area (Å²) < 4.78 is 49.0. The van der Waals surface area contributed by atoms with Gasteiger partial charge < -0.3 is 5.32 Å². The molecule has 1 aromatic heterocycles. The smallest absolute Gasteiger partial charge is 0.324 e. The van der Waals surface area contributed by atoms with Crippen molar-refractivity contribution in [3.8, 4) is 0 Å². The van der Waals surface area contributed by atoms with Crippen LogP contribution in [-0.4, -0.2) is 28.8 Å². The number of halogens is 5. The second kappa shape index (κ2) is 5.46. The molecule has 0 fully saturated rings. The monoisotopic (exact) mass is 331 g/mol. The number of alkyl halides is 4. The first-order valence-electron chi connectivity index (χ1n) is 4.44. The molecular formula is C8H6BrF4N3O2. The third-order valence-corrected chi connectivity index (χ3v) is 2.45. The second-order valence-electron chi connectivity index (χ2n) is 3.20. The number of nitrogens with zero attached hydrogens (tertiary/aromatic N) is 2. The third kappa shape index (κ3) is 3.52. The molecule has 0 spiro atoms. The first-order valence-corrected chi connectivity index (χ1v) is 5.23. The predicted octanol–water partition coefficient (Wildman–Crippen LogP) is 3.06. The molecule has 18 heavy (non-hydrogen) atoms. The lowest BCUT2D eigenvalue weighted by molar-refractivity contribution is -0.385. The summed E-state index contributed by atoms with van der Waals surface area (Å²) in [5, 5.41) is 12.4. The van der Waals surface area contributed by atoms with E-state index in [9.17, 15) is 27.7 Å². The molecule has 0 aliphatic carbocycles. The van der Waals surface area contributed by atoms with E-state index in [-0.39, 0.29) is 16.0 Å². The van der Waals surface area contributed by atoms with Crippen molar-refractivity contribution in [1.82, 2.24) is 4.98 Å². The van der Waals surface area contributed by atoms with Crippen LogP contribution in [0.4, 0.5) is 29.1 Å². The van der Waals surface area contributed by atoms with Crippen LogP contribution in [0, 0.1) is 10.1 Å². The van der Waals surface area contributed by atoms with E-state index in [2.05, 4.69) is 20.9 Å². The van der Waals surface area contributed by atoms with Gasteiger partial charge in [0.15, 0.2) is 0 Å². The molecule has 1 N–H and O–H groups in total. The minimum absolute atomic E-state index is 0.0294. The summed E-state index contributed by atoms with van der Waals surface area (Å²) in [6, 6.07) is 1.02. The zero-order chi connectivity index (χ0) is 13.9. The van der Waals surface area contributed by atoms with Gasteiger partial charge in [-0.15, -0.1) is 0 Å². The van der Waals surface area contributed by atoms with Gasteiger partial charge in [0, 0.05) is 6.07 Å². The first-order chi connectivity index (χ1) is 8.24. The van der Waals surface area contributed by atoms with E-state index in [1.54, 1.807) is 0 Å². The van der Waals surface area contributed by atoms with E-state index in [0.29, 0.717) is 0 Å². The Kier molecular flexibility index (Phi) is 4.43. The van der Waals surface area contributed by atoms with Gasteiger partial charge in [-0.3, -0.25) is 10.1 Å². The highest BCUT2D eigenvalue weighted by atomic mass is 79.9. The summed E-state index contributed by atoms with van der Waals surface area (Å²) in [6.45, 7) is -1.33. The van der Waals surface area contributed by atoms with E-state index in [4.69, 9.17) is 0 Å². The van der Waals surface area contributed by atoms with Crippen LogP contribution in [0.25, 0.3) is 0 Å². The van der Waals surface area contributed by atoms with E-state index < -0.39 is 23.8 Å². The summed E-state index contributed by atoms with van der Waals surface area (Å²) in [5.74, 6) is -4.39. The minimum Gasteiger partial charge on any atom is -0.363 e. The SMILES string of the molecule is O=[N+]([O-])c1cnc(NCC(F)(F)C(F)F)c(Br)c1. The molecule has 0 aromatic carbocycles. The predicted molar refractivity (Wildman–Crippen MR) is 58.0 cm³/mol. The van der Waals surface area contributed by atoms with Crippen molar-refractivity contribution in [3.05, 3.63) is 26.9 Å². The van der Waals surface area contributed by atoms with Crippen molar-refractivity contribution < 1.29 is 22.5 Å². The zero-order valence-corrected chi connectivity index (χ0v) is 10.1. The highest BCUT2D eigenvalue weighted by Gasteiger charge is 2.40. The van der Waals surface area contributed by atoms with Crippen LogP contribution in [0.3, 0.4) is 0 Å². The molecule has 0 saturated carbocycles. The zero-order valence-electron chi connectivity index (χ0n) is 8.54. The van der Waals surface area contributed by atoms with E-state index in [1.807, 2.05) is 5.32 Å². The molecule has 0 atom stereocenters. The molecule has 0 aliphatic rings. The Morgan fingerprint density at radius 3 is 2.61 bits per heavy atom. The van der Waals surface area contributed by atoms with Crippen LogP contribution < -0.4 is 5.32 Å². The molecule has 100 valence electrons. The number of nitro groups is 1.